The van der Waals surface area contributed by atoms with Crippen LogP contribution in [0.2, 0.25) is 0 Å². The lowest BCUT2D eigenvalue weighted by Crippen LogP contribution is -2.50. The van der Waals surface area contributed by atoms with Crippen molar-refractivity contribution < 1.29 is 27.2 Å². The lowest BCUT2D eigenvalue weighted by atomic mass is 9.92. The third kappa shape index (κ3) is 6.21. The standard InChI is InChI=1S/C25H30F3N7O3/c1-15(2)23-31-32-24(38-23)16-9-10-19(34(3)13-16)22(37)30-12-11-29-21(36)18-14-35(17-7-5-4-6-8-17)33-20(18)25(26,27)28/h4-8,14-16,19H,9-13H2,1-3H3,(H,29,36)(H,30,37)/t16-,19+/m0/s1. The van der Waals surface area contributed by atoms with Crippen molar-refractivity contribution in [2.45, 2.75) is 50.7 Å². The highest BCUT2D eigenvalue weighted by Crippen LogP contribution is 2.32. The molecule has 1 aromatic carbocycles. The number of halogens is 3. The third-order valence-corrected chi connectivity index (χ3v) is 6.39. The first kappa shape index (κ1) is 27.3. The summed E-state index contributed by atoms with van der Waals surface area (Å²) in [5.74, 6) is 0.170. The number of amides is 2. The summed E-state index contributed by atoms with van der Waals surface area (Å²) in [5.41, 5.74) is -1.47. The van der Waals surface area contributed by atoms with Gasteiger partial charge >= 0.3 is 6.18 Å². The average molecular weight is 534 g/mol. The van der Waals surface area contributed by atoms with E-state index in [2.05, 4.69) is 25.9 Å². The fourth-order valence-electron chi connectivity index (χ4n) is 4.36. The van der Waals surface area contributed by atoms with E-state index in [9.17, 15) is 22.8 Å². The molecule has 2 aromatic heterocycles. The number of aromatic nitrogens is 4. The van der Waals surface area contributed by atoms with E-state index in [1.807, 2.05) is 25.8 Å². The number of hydrogen-bond acceptors (Lipinski definition) is 7. The number of carbonyl (C=O) groups excluding carboxylic acids is 2. The Morgan fingerprint density at radius 2 is 1.82 bits per heavy atom. The zero-order chi connectivity index (χ0) is 27.4. The number of likely N-dealkylation sites (tertiary alicyclic amines) is 1. The van der Waals surface area contributed by atoms with E-state index in [0.717, 1.165) is 10.9 Å². The van der Waals surface area contributed by atoms with Gasteiger partial charge in [-0.1, -0.05) is 32.0 Å². The van der Waals surface area contributed by atoms with Crippen LogP contribution in [0.25, 0.3) is 5.69 Å². The Morgan fingerprint density at radius 1 is 1.11 bits per heavy atom. The van der Waals surface area contributed by atoms with Gasteiger partial charge in [-0.3, -0.25) is 14.5 Å². The van der Waals surface area contributed by atoms with Crippen molar-refractivity contribution in [3.8, 4) is 5.69 Å². The molecule has 4 rings (SSSR count). The monoisotopic (exact) mass is 533 g/mol. The molecular weight excluding hydrogens is 503 g/mol. The Labute approximate surface area is 217 Å². The van der Waals surface area contributed by atoms with Crippen LogP contribution in [0.3, 0.4) is 0 Å². The van der Waals surface area contributed by atoms with Crippen LogP contribution in [-0.4, -0.2) is 69.4 Å². The van der Waals surface area contributed by atoms with Gasteiger partial charge in [-0.15, -0.1) is 10.2 Å². The van der Waals surface area contributed by atoms with Crippen LogP contribution in [0.15, 0.2) is 40.9 Å². The minimum atomic E-state index is -4.80. The molecular formula is C25H30F3N7O3. The first-order valence-corrected chi connectivity index (χ1v) is 12.4. The van der Waals surface area contributed by atoms with Gasteiger partial charge in [0.1, 0.15) is 0 Å². The molecule has 0 unspecified atom stereocenters. The summed E-state index contributed by atoms with van der Waals surface area (Å²) in [6.07, 6.45) is -2.48. The molecule has 0 spiro atoms. The number of carbonyl (C=O) groups is 2. The van der Waals surface area contributed by atoms with Gasteiger partial charge in [-0.25, -0.2) is 4.68 Å². The Kier molecular flexibility index (Phi) is 8.14. The van der Waals surface area contributed by atoms with Crippen LogP contribution in [0.1, 0.15) is 66.4 Å². The normalized spacial score (nSPS) is 18.5. The molecule has 13 heteroatoms. The number of nitrogens with zero attached hydrogens (tertiary/aromatic N) is 5. The van der Waals surface area contributed by atoms with Crippen molar-refractivity contribution in [1.29, 1.82) is 0 Å². The number of para-hydroxylation sites is 1. The molecule has 3 aromatic rings. The molecule has 38 heavy (non-hydrogen) atoms. The second kappa shape index (κ2) is 11.3. The molecule has 0 bridgehead atoms. The van der Waals surface area contributed by atoms with Gasteiger partial charge < -0.3 is 15.1 Å². The van der Waals surface area contributed by atoms with E-state index < -0.39 is 23.3 Å². The number of likely N-dealkylation sites (N-methyl/N-ethyl adjacent to an activating group) is 1. The number of piperidine rings is 1. The van der Waals surface area contributed by atoms with Gasteiger partial charge in [0, 0.05) is 31.7 Å². The van der Waals surface area contributed by atoms with Gasteiger partial charge in [-0.05, 0) is 32.0 Å². The molecule has 0 aliphatic carbocycles. The minimum absolute atomic E-state index is 0.0305. The summed E-state index contributed by atoms with van der Waals surface area (Å²) in [7, 11) is 1.83. The average Bonchev–Trinajstić information content (AvgIpc) is 3.55. The van der Waals surface area contributed by atoms with Gasteiger partial charge in [0.25, 0.3) is 5.91 Å². The predicted molar refractivity (Wildman–Crippen MR) is 131 cm³/mol. The molecule has 1 fully saturated rings. The topological polar surface area (TPSA) is 118 Å². The van der Waals surface area contributed by atoms with Crippen LogP contribution in [0.5, 0.6) is 0 Å². The molecule has 2 amide bonds. The van der Waals surface area contributed by atoms with E-state index in [4.69, 9.17) is 4.42 Å². The van der Waals surface area contributed by atoms with Crippen LogP contribution >= 0.6 is 0 Å². The van der Waals surface area contributed by atoms with E-state index >= 15 is 0 Å². The molecule has 204 valence electrons. The second-order valence-corrected chi connectivity index (χ2v) is 9.58. The summed E-state index contributed by atoms with van der Waals surface area (Å²) < 4.78 is 47.3. The van der Waals surface area contributed by atoms with Crippen molar-refractivity contribution in [2.24, 2.45) is 0 Å². The maximum Gasteiger partial charge on any atom is 0.435 e. The first-order valence-electron chi connectivity index (χ1n) is 12.4. The molecule has 10 nitrogen and oxygen atoms in total. The zero-order valence-electron chi connectivity index (χ0n) is 21.3. The van der Waals surface area contributed by atoms with E-state index in [0.29, 0.717) is 36.9 Å². The van der Waals surface area contributed by atoms with Gasteiger partial charge in [-0.2, -0.15) is 18.3 Å². The highest BCUT2D eigenvalue weighted by molar-refractivity contribution is 5.95. The van der Waals surface area contributed by atoms with Gasteiger partial charge in [0.2, 0.25) is 17.7 Å². The van der Waals surface area contributed by atoms with Crippen LogP contribution in [0.4, 0.5) is 13.2 Å². The molecule has 0 radical (unpaired) electrons. The number of hydrogen-bond donors (Lipinski definition) is 2. The number of rotatable bonds is 8. The van der Waals surface area contributed by atoms with E-state index in [1.54, 1.807) is 30.3 Å². The minimum Gasteiger partial charge on any atom is -0.425 e. The lowest BCUT2D eigenvalue weighted by molar-refractivity contribution is -0.141. The second-order valence-electron chi connectivity index (χ2n) is 9.58. The Morgan fingerprint density at radius 3 is 2.45 bits per heavy atom. The summed E-state index contributed by atoms with van der Waals surface area (Å²) >= 11 is 0. The highest BCUT2D eigenvalue weighted by Gasteiger charge is 2.39. The molecule has 1 saturated heterocycles. The van der Waals surface area contributed by atoms with E-state index in [1.165, 1.54) is 0 Å². The molecule has 2 N–H and O–H groups in total. The van der Waals surface area contributed by atoms with E-state index in [-0.39, 0.29) is 36.9 Å². The van der Waals surface area contributed by atoms with Crippen molar-refractivity contribution >= 4 is 11.8 Å². The molecule has 1 aliphatic heterocycles. The van der Waals surface area contributed by atoms with Crippen LogP contribution in [0, 0.1) is 0 Å². The quantitative estimate of drug-likeness (QED) is 0.427. The van der Waals surface area contributed by atoms with Gasteiger partial charge in [0.15, 0.2) is 5.69 Å². The predicted octanol–water partition coefficient (Wildman–Crippen LogP) is 3.12. The Hall–Kier alpha value is -3.74. The number of nitrogens with one attached hydrogen (secondary N) is 2. The molecule has 1 aliphatic rings. The fourth-order valence-corrected chi connectivity index (χ4v) is 4.36. The third-order valence-electron chi connectivity index (χ3n) is 6.39. The van der Waals surface area contributed by atoms with Gasteiger partial charge in [0.05, 0.1) is 23.2 Å². The fraction of sp³-hybridized carbons (Fsp3) is 0.480. The van der Waals surface area contributed by atoms with Crippen molar-refractivity contribution in [2.75, 3.05) is 26.7 Å². The number of alkyl halides is 3. The SMILES string of the molecule is CC(C)c1nnc([C@H]2CC[C@H](C(=O)NCCNC(=O)c3cn(-c4ccccc4)nc3C(F)(F)F)N(C)C2)o1. The Balaban J connectivity index is 1.28. The highest BCUT2D eigenvalue weighted by atomic mass is 19.4. The van der Waals surface area contributed by atoms with Crippen LogP contribution < -0.4 is 10.6 Å². The maximum atomic E-state index is 13.5. The van der Waals surface area contributed by atoms with Crippen molar-refractivity contribution in [3.05, 3.63) is 59.6 Å². The lowest BCUT2D eigenvalue weighted by Gasteiger charge is -2.34. The number of benzene rings is 1. The van der Waals surface area contributed by atoms with Crippen molar-refractivity contribution in [1.82, 2.24) is 35.5 Å². The zero-order valence-corrected chi connectivity index (χ0v) is 21.3. The smallest absolute Gasteiger partial charge is 0.425 e. The first-order chi connectivity index (χ1) is 18.0. The molecule has 0 saturated carbocycles. The molecule has 2 atom stereocenters. The largest absolute Gasteiger partial charge is 0.435 e. The summed E-state index contributed by atoms with van der Waals surface area (Å²) in [5, 5.41) is 17.0. The van der Waals surface area contributed by atoms with Crippen LogP contribution in [-0.2, 0) is 11.0 Å². The Bertz CT molecular complexity index is 1260. The van der Waals surface area contributed by atoms with Crippen molar-refractivity contribution in [3.63, 3.8) is 0 Å². The maximum absolute atomic E-state index is 13.5. The summed E-state index contributed by atoms with van der Waals surface area (Å²) in [6.45, 7) is 4.53. The molecule has 3 heterocycles. The summed E-state index contributed by atoms with van der Waals surface area (Å²) in [4.78, 5) is 27.2. The summed E-state index contributed by atoms with van der Waals surface area (Å²) in [6, 6.07) is 7.82.